The second-order valence-corrected chi connectivity index (χ2v) is 6.47. The summed E-state index contributed by atoms with van der Waals surface area (Å²) in [5, 5.41) is 0.433. The van der Waals surface area contributed by atoms with Gasteiger partial charge in [0.2, 0.25) is 0 Å². The number of carbonyl (C=O) groups excluding carboxylic acids is 1. The highest BCUT2D eigenvalue weighted by atomic mass is 19.1. The largest absolute Gasteiger partial charge is 0.467 e. The van der Waals surface area contributed by atoms with Crippen LogP contribution >= 0.6 is 0 Å². The Bertz CT molecular complexity index is 1130. The first-order valence-corrected chi connectivity index (χ1v) is 8.65. The monoisotopic (exact) mass is 384 g/mol. The Labute approximate surface area is 159 Å². The van der Waals surface area contributed by atoms with Gasteiger partial charge in [0.1, 0.15) is 24.7 Å². The number of benzene rings is 2. The summed E-state index contributed by atoms with van der Waals surface area (Å²) in [6.45, 7) is 1.67. The highest BCUT2D eigenvalue weighted by Crippen LogP contribution is 2.29. The average Bonchev–Trinajstić information content (AvgIpc) is 2.68. The lowest BCUT2D eigenvalue weighted by Gasteiger charge is -2.20. The van der Waals surface area contributed by atoms with Crippen LogP contribution in [0.2, 0.25) is 0 Å². The zero-order valence-corrected chi connectivity index (χ0v) is 15.1. The van der Waals surface area contributed by atoms with Crippen LogP contribution in [-0.4, -0.2) is 22.3 Å². The van der Waals surface area contributed by atoms with Gasteiger partial charge < -0.3 is 14.2 Å². The summed E-state index contributed by atoms with van der Waals surface area (Å²) in [4.78, 5) is 29.0. The predicted octanol–water partition coefficient (Wildman–Crippen LogP) is 2.45. The van der Waals surface area contributed by atoms with Gasteiger partial charge >= 0.3 is 5.97 Å². The van der Waals surface area contributed by atoms with Crippen LogP contribution < -0.4 is 10.3 Å². The average molecular weight is 384 g/mol. The van der Waals surface area contributed by atoms with E-state index in [1.807, 2.05) is 13.0 Å². The van der Waals surface area contributed by atoms with Crippen molar-refractivity contribution in [2.75, 3.05) is 6.79 Å². The Morgan fingerprint density at radius 2 is 2.21 bits per heavy atom. The first-order valence-electron chi connectivity index (χ1n) is 8.65. The molecule has 0 spiro atoms. The van der Waals surface area contributed by atoms with Crippen molar-refractivity contribution in [3.05, 3.63) is 69.5 Å². The second-order valence-electron chi connectivity index (χ2n) is 6.47. The molecule has 0 radical (unpaired) electrons. The van der Waals surface area contributed by atoms with Gasteiger partial charge in [0.15, 0.2) is 6.79 Å². The molecule has 2 heterocycles. The van der Waals surface area contributed by atoms with Crippen molar-refractivity contribution in [3.63, 3.8) is 0 Å². The standard InChI is InChI=1S/C20H17FN2O5/c1-12-3-2-4-16-18(12)22-10-23(20(16)25)7-17(24)27-9-14-6-15(21)5-13-8-26-11-28-19(13)14/h2-6,10H,7-9,11H2,1H3. The maximum absolute atomic E-state index is 13.8. The first-order chi connectivity index (χ1) is 13.5. The molecule has 1 aromatic heterocycles. The van der Waals surface area contributed by atoms with Gasteiger partial charge in [0, 0.05) is 11.1 Å². The molecule has 1 aliphatic heterocycles. The SMILES string of the molecule is Cc1cccc2c(=O)n(CC(=O)OCc3cc(F)cc4c3OCOC4)cnc12. The maximum Gasteiger partial charge on any atom is 0.326 e. The molecule has 0 fully saturated rings. The molecule has 144 valence electrons. The molecule has 8 heteroatoms. The molecule has 0 saturated carbocycles. The van der Waals surface area contributed by atoms with Gasteiger partial charge in [-0.3, -0.25) is 14.2 Å². The second kappa shape index (κ2) is 7.40. The number of hydrogen-bond donors (Lipinski definition) is 0. The number of aryl methyl sites for hydroxylation is 1. The lowest BCUT2D eigenvalue weighted by atomic mass is 10.1. The summed E-state index contributed by atoms with van der Waals surface area (Å²) in [5.74, 6) is -0.648. The number of carbonyl (C=O) groups is 1. The normalized spacial score (nSPS) is 13.1. The van der Waals surface area contributed by atoms with E-state index in [1.54, 1.807) is 12.1 Å². The number of esters is 1. The van der Waals surface area contributed by atoms with Crippen molar-refractivity contribution < 1.29 is 23.4 Å². The molecule has 2 aromatic carbocycles. The zero-order chi connectivity index (χ0) is 19.7. The Morgan fingerprint density at radius 1 is 1.36 bits per heavy atom. The van der Waals surface area contributed by atoms with E-state index < -0.39 is 11.8 Å². The van der Waals surface area contributed by atoms with Crippen molar-refractivity contribution in [1.29, 1.82) is 0 Å². The van der Waals surface area contributed by atoms with E-state index in [4.69, 9.17) is 14.2 Å². The van der Waals surface area contributed by atoms with Gasteiger partial charge in [0.25, 0.3) is 5.56 Å². The number of hydrogen-bond acceptors (Lipinski definition) is 6. The summed E-state index contributed by atoms with van der Waals surface area (Å²) in [6, 6.07) is 7.87. The van der Waals surface area contributed by atoms with E-state index in [9.17, 15) is 14.0 Å². The van der Waals surface area contributed by atoms with Crippen LogP contribution in [0, 0.1) is 12.7 Å². The van der Waals surface area contributed by atoms with Crippen molar-refractivity contribution in [2.24, 2.45) is 0 Å². The molecule has 0 aliphatic carbocycles. The van der Waals surface area contributed by atoms with Crippen molar-refractivity contribution in [1.82, 2.24) is 9.55 Å². The number of rotatable bonds is 4. The summed E-state index contributed by atoms with van der Waals surface area (Å²) in [6.07, 6.45) is 1.32. The third kappa shape index (κ3) is 3.46. The van der Waals surface area contributed by atoms with Crippen molar-refractivity contribution in [3.8, 4) is 5.75 Å². The number of ether oxygens (including phenoxy) is 3. The molecule has 0 atom stereocenters. The highest BCUT2D eigenvalue weighted by molar-refractivity contribution is 5.80. The fourth-order valence-electron chi connectivity index (χ4n) is 3.16. The maximum atomic E-state index is 13.8. The summed E-state index contributed by atoms with van der Waals surface area (Å²) < 4.78 is 30.7. The Hall–Kier alpha value is -3.26. The molecule has 1 aliphatic rings. The Kier molecular flexibility index (Phi) is 4.79. The summed E-state index contributed by atoms with van der Waals surface area (Å²) in [5.41, 5.74) is 2.12. The first kappa shape index (κ1) is 18.1. The molecule has 0 unspecified atom stereocenters. The zero-order valence-electron chi connectivity index (χ0n) is 15.1. The van der Waals surface area contributed by atoms with Crippen molar-refractivity contribution >= 4 is 16.9 Å². The molecule has 0 saturated heterocycles. The lowest BCUT2D eigenvalue weighted by molar-refractivity contribution is -0.145. The quantitative estimate of drug-likeness (QED) is 0.643. The molecule has 0 bridgehead atoms. The number of fused-ring (bicyclic) bond motifs is 2. The van der Waals surface area contributed by atoms with E-state index in [2.05, 4.69) is 4.98 Å². The van der Waals surface area contributed by atoms with E-state index >= 15 is 0 Å². The molecule has 7 nitrogen and oxygen atoms in total. The molecular formula is C20H17FN2O5. The molecular weight excluding hydrogens is 367 g/mol. The van der Waals surface area contributed by atoms with Gasteiger partial charge in [-0.2, -0.15) is 0 Å². The van der Waals surface area contributed by atoms with E-state index in [1.165, 1.54) is 23.0 Å². The highest BCUT2D eigenvalue weighted by Gasteiger charge is 2.18. The summed E-state index contributed by atoms with van der Waals surface area (Å²) in [7, 11) is 0. The Morgan fingerprint density at radius 3 is 3.07 bits per heavy atom. The van der Waals surface area contributed by atoms with Crippen LogP contribution in [0.1, 0.15) is 16.7 Å². The van der Waals surface area contributed by atoms with E-state index in [0.717, 1.165) is 5.56 Å². The van der Waals surface area contributed by atoms with Crippen LogP contribution in [-0.2, 0) is 34.0 Å². The van der Waals surface area contributed by atoms with Crippen LogP contribution in [0.25, 0.3) is 10.9 Å². The van der Waals surface area contributed by atoms with Gasteiger partial charge in [-0.1, -0.05) is 12.1 Å². The molecule has 0 N–H and O–H groups in total. The van der Waals surface area contributed by atoms with Crippen LogP contribution in [0.3, 0.4) is 0 Å². The van der Waals surface area contributed by atoms with Crippen LogP contribution in [0.4, 0.5) is 4.39 Å². The number of nitrogens with zero attached hydrogens (tertiary/aromatic N) is 2. The van der Waals surface area contributed by atoms with Gasteiger partial charge in [-0.25, -0.2) is 9.37 Å². The molecule has 3 aromatic rings. The molecule has 28 heavy (non-hydrogen) atoms. The molecule has 4 rings (SSSR count). The minimum atomic E-state index is -0.638. The fourth-order valence-corrected chi connectivity index (χ4v) is 3.16. The lowest BCUT2D eigenvalue weighted by Crippen LogP contribution is -2.26. The predicted molar refractivity (Wildman–Crippen MR) is 97.2 cm³/mol. The number of aromatic nitrogens is 2. The third-order valence-electron chi connectivity index (χ3n) is 4.50. The van der Waals surface area contributed by atoms with Gasteiger partial charge in [-0.15, -0.1) is 0 Å². The Balaban J connectivity index is 1.50. The third-order valence-corrected chi connectivity index (χ3v) is 4.50. The van der Waals surface area contributed by atoms with E-state index in [0.29, 0.717) is 27.8 Å². The van der Waals surface area contributed by atoms with Crippen LogP contribution in [0.5, 0.6) is 5.75 Å². The van der Waals surface area contributed by atoms with Crippen LogP contribution in [0.15, 0.2) is 41.5 Å². The smallest absolute Gasteiger partial charge is 0.326 e. The fraction of sp³-hybridized carbons (Fsp3) is 0.250. The summed E-state index contributed by atoms with van der Waals surface area (Å²) >= 11 is 0. The van der Waals surface area contributed by atoms with Crippen molar-refractivity contribution in [2.45, 2.75) is 26.7 Å². The molecule has 0 amide bonds. The number of halogens is 1. The number of para-hydroxylation sites is 1. The topological polar surface area (TPSA) is 79.7 Å². The minimum absolute atomic E-state index is 0.0527. The minimum Gasteiger partial charge on any atom is -0.467 e. The van der Waals surface area contributed by atoms with Gasteiger partial charge in [0.05, 0.1) is 23.8 Å². The van der Waals surface area contributed by atoms with E-state index in [-0.39, 0.29) is 32.1 Å². The van der Waals surface area contributed by atoms with Gasteiger partial charge in [-0.05, 0) is 30.7 Å².